The Morgan fingerprint density at radius 3 is 2.26 bits per heavy atom. The van der Waals surface area contributed by atoms with Crippen LogP contribution >= 0.6 is 0 Å². The number of aliphatic hydroxyl groups excluding tert-OH is 1. The molecule has 0 aliphatic heterocycles. The monoisotopic (exact) mass is 313 g/mol. The van der Waals surface area contributed by atoms with E-state index in [0.717, 1.165) is 18.8 Å². The summed E-state index contributed by atoms with van der Waals surface area (Å²) < 4.78 is 5.69. The second-order valence-electron chi connectivity index (χ2n) is 5.23. The second-order valence-corrected chi connectivity index (χ2v) is 5.23. The van der Waals surface area contributed by atoms with E-state index in [-0.39, 0.29) is 12.4 Å². The number of carbonyl (C=O) groups is 1. The van der Waals surface area contributed by atoms with Crippen molar-refractivity contribution in [1.82, 2.24) is 4.90 Å². The highest BCUT2D eigenvalue weighted by molar-refractivity contribution is 6.08. The lowest BCUT2D eigenvalue weighted by Crippen LogP contribution is -2.30. The molecule has 2 aromatic rings. The Hall–Kier alpha value is -2.17. The molecule has 122 valence electrons. The van der Waals surface area contributed by atoms with Crippen LogP contribution in [0, 0.1) is 0 Å². The van der Waals surface area contributed by atoms with Crippen molar-refractivity contribution < 1.29 is 14.6 Å². The highest BCUT2D eigenvalue weighted by Gasteiger charge is 2.08. The molecule has 0 aromatic heterocycles. The van der Waals surface area contributed by atoms with E-state index >= 15 is 0 Å². The zero-order chi connectivity index (χ0) is 16.5. The van der Waals surface area contributed by atoms with Gasteiger partial charge in [0.25, 0.3) is 0 Å². The van der Waals surface area contributed by atoms with E-state index in [0.29, 0.717) is 24.3 Å². The van der Waals surface area contributed by atoms with Gasteiger partial charge in [-0.1, -0.05) is 37.3 Å². The lowest BCUT2D eigenvalue weighted by atomic mass is 10.0. The number of likely N-dealkylation sites (N-methyl/N-ethyl adjacent to an activating group) is 1. The number of rotatable bonds is 9. The van der Waals surface area contributed by atoms with Gasteiger partial charge in [0.2, 0.25) is 0 Å². The first-order chi connectivity index (χ1) is 11.2. The fraction of sp³-hybridized carbons (Fsp3) is 0.316. The van der Waals surface area contributed by atoms with Crippen LogP contribution in [-0.2, 0) is 0 Å². The third-order valence-electron chi connectivity index (χ3n) is 3.69. The minimum atomic E-state index is 0.0113. The van der Waals surface area contributed by atoms with E-state index in [4.69, 9.17) is 9.84 Å². The first-order valence-corrected chi connectivity index (χ1v) is 7.90. The lowest BCUT2D eigenvalue weighted by molar-refractivity contribution is 0.103. The number of aliphatic hydroxyl groups is 1. The quantitative estimate of drug-likeness (QED) is 0.723. The van der Waals surface area contributed by atoms with E-state index in [9.17, 15) is 4.79 Å². The Morgan fingerprint density at radius 1 is 1.00 bits per heavy atom. The maximum atomic E-state index is 12.3. The standard InChI is InChI=1S/C19H23NO3/c1-2-20(12-14-21)13-15-23-18-10-8-17(9-11-18)19(22)16-6-4-3-5-7-16/h3-11,21H,2,12-15H2,1H3. The third kappa shape index (κ3) is 5.20. The molecule has 0 aliphatic rings. The Bertz CT molecular complexity index is 596. The van der Waals surface area contributed by atoms with Crippen LogP contribution in [0.1, 0.15) is 22.8 Å². The van der Waals surface area contributed by atoms with Crippen molar-refractivity contribution in [2.24, 2.45) is 0 Å². The fourth-order valence-corrected chi connectivity index (χ4v) is 2.32. The lowest BCUT2D eigenvalue weighted by Gasteiger charge is -2.19. The number of benzene rings is 2. The Balaban J connectivity index is 1.88. The van der Waals surface area contributed by atoms with Gasteiger partial charge in [0.1, 0.15) is 12.4 Å². The normalized spacial score (nSPS) is 10.7. The van der Waals surface area contributed by atoms with Crippen LogP contribution in [0.15, 0.2) is 54.6 Å². The molecule has 0 amide bonds. The van der Waals surface area contributed by atoms with E-state index in [1.807, 2.05) is 42.5 Å². The molecule has 0 unspecified atom stereocenters. The molecular weight excluding hydrogens is 290 g/mol. The van der Waals surface area contributed by atoms with Crippen molar-refractivity contribution in [3.8, 4) is 5.75 Å². The summed E-state index contributed by atoms with van der Waals surface area (Å²) in [6.07, 6.45) is 0. The summed E-state index contributed by atoms with van der Waals surface area (Å²) in [4.78, 5) is 14.4. The average Bonchev–Trinajstić information content (AvgIpc) is 2.61. The first-order valence-electron chi connectivity index (χ1n) is 7.90. The van der Waals surface area contributed by atoms with Gasteiger partial charge in [-0.2, -0.15) is 0 Å². The summed E-state index contributed by atoms with van der Waals surface area (Å²) in [5.41, 5.74) is 1.34. The van der Waals surface area contributed by atoms with Gasteiger partial charge in [-0.25, -0.2) is 0 Å². The number of nitrogens with zero attached hydrogens (tertiary/aromatic N) is 1. The summed E-state index contributed by atoms with van der Waals surface area (Å²) in [6, 6.07) is 16.4. The van der Waals surface area contributed by atoms with Gasteiger partial charge in [0.05, 0.1) is 6.61 Å². The number of ketones is 1. The van der Waals surface area contributed by atoms with Crippen LogP contribution in [0.4, 0.5) is 0 Å². The maximum absolute atomic E-state index is 12.3. The zero-order valence-corrected chi connectivity index (χ0v) is 13.4. The van der Waals surface area contributed by atoms with Crippen molar-refractivity contribution in [2.75, 3.05) is 32.8 Å². The highest BCUT2D eigenvalue weighted by atomic mass is 16.5. The predicted molar refractivity (Wildman–Crippen MR) is 91.0 cm³/mol. The zero-order valence-electron chi connectivity index (χ0n) is 13.4. The largest absolute Gasteiger partial charge is 0.492 e. The van der Waals surface area contributed by atoms with Gasteiger partial charge >= 0.3 is 0 Å². The minimum Gasteiger partial charge on any atom is -0.492 e. The summed E-state index contributed by atoms with van der Waals surface area (Å²) >= 11 is 0. The number of hydrogen-bond acceptors (Lipinski definition) is 4. The molecule has 1 N–H and O–H groups in total. The third-order valence-corrected chi connectivity index (χ3v) is 3.69. The molecule has 0 aliphatic carbocycles. The molecule has 0 radical (unpaired) electrons. The minimum absolute atomic E-state index is 0.0113. The predicted octanol–water partition coefficient (Wildman–Crippen LogP) is 2.61. The van der Waals surface area contributed by atoms with Crippen LogP contribution in [0.3, 0.4) is 0 Å². The molecule has 0 bridgehead atoms. The number of hydrogen-bond donors (Lipinski definition) is 1. The van der Waals surface area contributed by atoms with E-state index in [1.165, 1.54) is 0 Å². The van der Waals surface area contributed by atoms with Crippen molar-refractivity contribution in [3.05, 3.63) is 65.7 Å². The Kier molecular flexibility index (Phi) is 6.78. The average molecular weight is 313 g/mol. The van der Waals surface area contributed by atoms with E-state index in [1.54, 1.807) is 12.1 Å². The van der Waals surface area contributed by atoms with Gasteiger partial charge in [-0.05, 0) is 30.8 Å². The molecule has 0 saturated carbocycles. The number of ether oxygens (including phenoxy) is 1. The summed E-state index contributed by atoms with van der Waals surface area (Å²) in [6.45, 7) is 5.07. The second kappa shape index (κ2) is 9.08. The first kappa shape index (κ1) is 17.2. The molecular formula is C19H23NO3. The van der Waals surface area contributed by atoms with E-state index in [2.05, 4.69) is 11.8 Å². The SMILES string of the molecule is CCN(CCO)CCOc1ccc(C(=O)c2ccccc2)cc1. The van der Waals surface area contributed by atoms with Crippen molar-refractivity contribution in [3.63, 3.8) is 0 Å². The van der Waals surface area contributed by atoms with Gasteiger partial charge in [-0.3, -0.25) is 9.69 Å². The maximum Gasteiger partial charge on any atom is 0.193 e. The summed E-state index contributed by atoms with van der Waals surface area (Å²) in [7, 11) is 0. The molecule has 2 rings (SSSR count). The van der Waals surface area contributed by atoms with Crippen molar-refractivity contribution >= 4 is 5.78 Å². The van der Waals surface area contributed by atoms with Gasteiger partial charge < -0.3 is 9.84 Å². The Morgan fingerprint density at radius 2 is 1.65 bits per heavy atom. The summed E-state index contributed by atoms with van der Waals surface area (Å²) in [5, 5.41) is 8.95. The topological polar surface area (TPSA) is 49.8 Å². The van der Waals surface area contributed by atoms with Crippen LogP contribution < -0.4 is 4.74 Å². The molecule has 23 heavy (non-hydrogen) atoms. The van der Waals surface area contributed by atoms with E-state index < -0.39 is 0 Å². The molecule has 0 atom stereocenters. The molecule has 0 heterocycles. The molecule has 2 aromatic carbocycles. The molecule has 0 saturated heterocycles. The number of carbonyl (C=O) groups excluding carboxylic acids is 1. The Labute approximate surface area is 137 Å². The van der Waals surface area contributed by atoms with Crippen molar-refractivity contribution in [1.29, 1.82) is 0 Å². The van der Waals surface area contributed by atoms with Crippen LogP contribution in [0.5, 0.6) is 5.75 Å². The van der Waals surface area contributed by atoms with Crippen LogP contribution in [0.25, 0.3) is 0 Å². The molecule has 0 fully saturated rings. The molecule has 4 heteroatoms. The van der Waals surface area contributed by atoms with Gasteiger partial charge in [-0.15, -0.1) is 0 Å². The van der Waals surface area contributed by atoms with Crippen LogP contribution in [-0.4, -0.2) is 48.6 Å². The molecule has 0 spiro atoms. The fourth-order valence-electron chi connectivity index (χ4n) is 2.32. The van der Waals surface area contributed by atoms with Crippen molar-refractivity contribution in [2.45, 2.75) is 6.92 Å². The van der Waals surface area contributed by atoms with Crippen LogP contribution in [0.2, 0.25) is 0 Å². The van der Waals surface area contributed by atoms with Gasteiger partial charge in [0.15, 0.2) is 5.78 Å². The smallest absolute Gasteiger partial charge is 0.193 e. The highest BCUT2D eigenvalue weighted by Crippen LogP contribution is 2.15. The molecule has 4 nitrogen and oxygen atoms in total. The van der Waals surface area contributed by atoms with Gasteiger partial charge in [0, 0.05) is 24.2 Å². The summed E-state index contributed by atoms with van der Waals surface area (Å²) in [5.74, 6) is 0.756.